The van der Waals surface area contributed by atoms with Crippen LogP contribution in [0.5, 0.6) is 0 Å². The predicted octanol–water partition coefficient (Wildman–Crippen LogP) is 2.36. The van der Waals surface area contributed by atoms with Gasteiger partial charge in [0.15, 0.2) is 9.84 Å². The fraction of sp³-hybridized carbons (Fsp3) is 0.308. The highest BCUT2D eigenvalue weighted by Crippen LogP contribution is 2.22. The molecule has 0 heterocycles. The second-order valence-corrected chi connectivity index (χ2v) is 6.07. The Morgan fingerprint density at radius 3 is 2.56 bits per heavy atom. The molecule has 0 aliphatic heterocycles. The Bertz CT molecular complexity index is 570. The van der Waals surface area contributed by atoms with Crippen molar-refractivity contribution in [2.45, 2.75) is 24.7 Å². The van der Waals surface area contributed by atoms with Gasteiger partial charge in [-0.1, -0.05) is 25.5 Å². The lowest BCUT2D eigenvalue weighted by Crippen LogP contribution is -1.99. The zero-order valence-corrected chi connectivity index (χ0v) is 11.2. The molecule has 0 bridgehead atoms. The van der Waals surface area contributed by atoms with E-state index in [1.165, 1.54) is 12.1 Å². The van der Waals surface area contributed by atoms with E-state index in [0.717, 1.165) is 18.8 Å². The van der Waals surface area contributed by atoms with Crippen LogP contribution >= 0.6 is 0 Å². The zero-order chi connectivity index (χ0) is 13.8. The van der Waals surface area contributed by atoms with E-state index in [-0.39, 0.29) is 4.90 Å². The van der Waals surface area contributed by atoms with Gasteiger partial charge in [0.1, 0.15) is 0 Å². The van der Waals surface area contributed by atoms with Crippen LogP contribution < -0.4 is 0 Å². The van der Waals surface area contributed by atoms with Crippen molar-refractivity contribution >= 4 is 21.4 Å². The molecule has 1 rings (SSSR count). The van der Waals surface area contributed by atoms with Gasteiger partial charge in [0, 0.05) is 12.3 Å². The first-order chi connectivity index (χ1) is 8.34. The molecule has 1 N–H and O–H groups in total. The first-order valence-corrected chi connectivity index (χ1v) is 7.47. The fourth-order valence-electron chi connectivity index (χ4n) is 1.64. The lowest BCUT2D eigenvalue weighted by atomic mass is 10.0. The van der Waals surface area contributed by atoms with Gasteiger partial charge in [-0.15, -0.1) is 0 Å². The summed E-state index contributed by atoms with van der Waals surface area (Å²) >= 11 is 0. The molecule has 18 heavy (non-hydrogen) atoms. The quantitative estimate of drug-likeness (QED) is 0.832. The number of aliphatic carboxylic acids is 1. The number of sulfone groups is 1. The molecule has 98 valence electrons. The average Bonchev–Trinajstić information content (AvgIpc) is 2.27. The SMILES string of the molecule is CCC/C(=C\C(=O)O)c1cccc(S(C)(=O)=O)c1. The van der Waals surface area contributed by atoms with E-state index in [4.69, 9.17) is 5.11 Å². The molecular weight excluding hydrogens is 252 g/mol. The maximum atomic E-state index is 11.5. The van der Waals surface area contributed by atoms with Crippen LogP contribution in [0, 0.1) is 0 Å². The van der Waals surface area contributed by atoms with Crippen molar-refractivity contribution in [1.29, 1.82) is 0 Å². The molecule has 1 aromatic carbocycles. The number of carbonyl (C=O) groups is 1. The summed E-state index contributed by atoms with van der Waals surface area (Å²) in [7, 11) is -3.28. The Balaban J connectivity index is 3.26. The normalized spacial score (nSPS) is 12.4. The van der Waals surface area contributed by atoms with Gasteiger partial charge in [-0.3, -0.25) is 0 Å². The van der Waals surface area contributed by atoms with Crippen molar-refractivity contribution in [2.75, 3.05) is 6.26 Å². The number of rotatable bonds is 5. The van der Waals surface area contributed by atoms with Gasteiger partial charge < -0.3 is 5.11 Å². The summed E-state index contributed by atoms with van der Waals surface area (Å²) in [5.74, 6) is -1.02. The van der Waals surface area contributed by atoms with Crippen LogP contribution in [0.15, 0.2) is 35.2 Å². The van der Waals surface area contributed by atoms with E-state index >= 15 is 0 Å². The van der Waals surface area contributed by atoms with Crippen molar-refractivity contribution in [2.24, 2.45) is 0 Å². The minimum atomic E-state index is -3.28. The van der Waals surface area contributed by atoms with Gasteiger partial charge >= 0.3 is 5.97 Å². The van der Waals surface area contributed by atoms with E-state index in [9.17, 15) is 13.2 Å². The Hall–Kier alpha value is -1.62. The minimum Gasteiger partial charge on any atom is -0.478 e. The smallest absolute Gasteiger partial charge is 0.328 e. The maximum absolute atomic E-state index is 11.5. The topological polar surface area (TPSA) is 71.4 Å². The molecule has 0 saturated heterocycles. The molecule has 0 aromatic heterocycles. The molecule has 0 radical (unpaired) electrons. The number of benzene rings is 1. The van der Waals surface area contributed by atoms with Crippen molar-refractivity contribution in [3.05, 3.63) is 35.9 Å². The van der Waals surface area contributed by atoms with Gasteiger partial charge in [0.25, 0.3) is 0 Å². The molecule has 0 amide bonds. The van der Waals surface area contributed by atoms with Gasteiger partial charge in [-0.25, -0.2) is 13.2 Å². The van der Waals surface area contributed by atoms with Crippen LogP contribution in [0.2, 0.25) is 0 Å². The fourth-order valence-corrected chi connectivity index (χ4v) is 2.31. The zero-order valence-electron chi connectivity index (χ0n) is 10.4. The molecule has 0 fully saturated rings. The minimum absolute atomic E-state index is 0.201. The number of allylic oxidation sites excluding steroid dienone is 1. The van der Waals surface area contributed by atoms with E-state index in [0.29, 0.717) is 17.6 Å². The summed E-state index contributed by atoms with van der Waals surface area (Å²) in [6, 6.07) is 6.36. The summed E-state index contributed by atoms with van der Waals surface area (Å²) in [6.45, 7) is 1.94. The highest BCUT2D eigenvalue weighted by molar-refractivity contribution is 7.90. The third-order valence-electron chi connectivity index (χ3n) is 2.45. The summed E-state index contributed by atoms with van der Waals surface area (Å²) in [5, 5.41) is 8.81. The number of carboxylic acid groups (broad SMARTS) is 1. The van der Waals surface area contributed by atoms with Crippen molar-refractivity contribution in [3.63, 3.8) is 0 Å². The van der Waals surface area contributed by atoms with Crippen molar-refractivity contribution < 1.29 is 18.3 Å². The number of carboxylic acids is 1. The van der Waals surface area contributed by atoms with Crippen LogP contribution in [-0.2, 0) is 14.6 Å². The lowest BCUT2D eigenvalue weighted by molar-refractivity contribution is -0.131. The number of hydrogen-bond donors (Lipinski definition) is 1. The second kappa shape index (κ2) is 5.82. The van der Waals surface area contributed by atoms with E-state index in [1.54, 1.807) is 12.1 Å². The first-order valence-electron chi connectivity index (χ1n) is 5.58. The van der Waals surface area contributed by atoms with E-state index < -0.39 is 15.8 Å². The van der Waals surface area contributed by atoms with Gasteiger partial charge in [-0.05, 0) is 29.7 Å². The molecule has 0 spiro atoms. The first kappa shape index (κ1) is 14.4. The molecule has 0 aliphatic carbocycles. The van der Waals surface area contributed by atoms with Crippen LogP contribution in [0.1, 0.15) is 25.3 Å². The summed E-state index contributed by atoms with van der Waals surface area (Å²) in [5.41, 5.74) is 1.28. The third-order valence-corrected chi connectivity index (χ3v) is 3.56. The second-order valence-electron chi connectivity index (χ2n) is 4.06. The summed E-state index contributed by atoms with van der Waals surface area (Å²) < 4.78 is 22.9. The molecule has 0 atom stereocenters. The number of hydrogen-bond acceptors (Lipinski definition) is 3. The van der Waals surface area contributed by atoms with Crippen LogP contribution in [-0.4, -0.2) is 25.7 Å². The van der Waals surface area contributed by atoms with Crippen molar-refractivity contribution in [3.8, 4) is 0 Å². The molecule has 0 aliphatic rings. The van der Waals surface area contributed by atoms with E-state index in [1.807, 2.05) is 6.92 Å². The van der Waals surface area contributed by atoms with Crippen LogP contribution in [0.25, 0.3) is 5.57 Å². The molecule has 0 saturated carbocycles. The Morgan fingerprint density at radius 1 is 1.39 bits per heavy atom. The summed E-state index contributed by atoms with van der Waals surface area (Å²) in [6.07, 6.45) is 3.65. The highest BCUT2D eigenvalue weighted by atomic mass is 32.2. The Morgan fingerprint density at radius 2 is 2.06 bits per heavy atom. The van der Waals surface area contributed by atoms with Crippen LogP contribution in [0.4, 0.5) is 0 Å². The van der Waals surface area contributed by atoms with Crippen molar-refractivity contribution in [1.82, 2.24) is 0 Å². The lowest BCUT2D eigenvalue weighted by Gasteiger charge is -2.07. The van der Waals surface area contributed by atoms with Gasteiger partial charge in [-0.2, -0.15) is 0 Å². The Labute approximate surface area is 107 Å². The maximum Gasteiger partial charge on any atom is 0.328 e. The largest absolute Gasteiger partial charge is 0.478 e. The monoisotopic (exact) mass is 268 g/mol. The molecular formula is C13H16O4S. The molecule has 4 nitrogen and oxygen atoms in total. The highest BCUT2D eigenvalue weighted by Gasteiger charge is 2.10. The van der Waals surface area contributed by atoms with Gasteiger partial charge in [0.2, 0.25) is 0 Å². The standard InChI is InChI=1S/C13H16O4S/c1-3-5-10(9-13(14)15)11-6-4-7-12(8-11)18(2,16)17/h4,6-9H,3,5H2,1-2H3,(H,14,15)/b10-9+. The van der Waals surface area contributed by atoms with Gasteiger partial charge in [0.05, 0.1) is 4.90 Å². The summed E-state index contributed by atoms with van der Waals surface area (Å²) in [4.78, 5) is 10.9. The van der Waals surface area contributed by atoms with Crippen LogP contribution in [0.3, 0.4) is 0 Å². The third kappa shape index (κ3) is 4.00. The Kier molecular flexibility index (Phi) is 4.67. The average molecular weight is 268 g/mol. The van der Waals surface area contributed by atoms with E-state index in [2.05, 4.69) is 0 Å². The predicted molar refractivity (Wildman–Crippen MR) is 70.1 cm³/mol. The molecule has 5 heteroatoms. The molecule has 1 aromatic rings. The molecule has 0 unspecified atom stereocenters.